The Bertz CT molecular complexity index is 382. The molecule has 0 fully saturated rings. The molecule has 5 heteroatoms. The number of amides is 1. The molecule has 0 bridgehead atoms. The minimum Gasteiger partial charge on any atom is -0.495 e. The van der Waals surface area contributed by atoms with Crippen LogP contribution in [0.2, 0.25) is 5.02 Å². The van der Waals surface area contributed by atoms with Gasteiger partial charge in [-0.2, -0.15) is 0 Å². The highest BCUT2D eigenvalue weighted by molar-refractivity contribution is 6.32. The van der Waals surface area contributed by atoms with E-state index in [-0.39, 0.29) is 18.4 Å². The average Bonchev–Trinajstić information content (AvgIpc) is 2.28. The molecule has 0 saturated carbocycles. The van der Waals surface area contributed by atoms with Gasteiger partial charge in [0.15, 0.2) is 0 Å². The zero-order valence-corrected chi connectivity index (χ0v) is 10.0. The van der Waals surface area contributed by atoms with E-state index in [1.807, 2.05) is 0 Å². The minimum absolute atomic E-state index is 0.0977. The lowest BCUT2D eigenvalue weighted by Gasteiger charge is -2.12. The number of rotatable bonds is 4. The first-order chi connectivity index (χ1) is 7.58. The predicted molar refractivity (Wildman–Crippen MR) is 63.6 cm³/mol. The molecule has 1 aromatic rings. The molecular formula is C11H15ClN2O2. The van der Waals surface area contributed by atoms with Gasteiger partial charge in [-0.15, -0.1) is 0 Å². The molecule has 1 amide bonds. The molecule has 88 valence electrons. The molecule has 0 heterocycles. The van der Waals surface area contributed by atoms with Crippen LogP contribution in [0.1, 0.15) is 18.0 Å². The SMILES string of the molecule is CNC(=O)CC(N)c1ccc(OC)c(Cl)c1. The minimum atomic E-state index is -0.358. The zero-order chi connectivity index (χ0) is 12.1. The highest BCUT2D eigenvalue weighted by Crippen LogP contribution is 2.27. The molecule has 0 aromatic heterocycles. The third kappa shape index (κ3) is 3.12. The first-order valence-electron chi connectivity index (χ1n) is 4.88. The van der Waals surface area contributed by atoms with E-state index < -0.39 is 0 Å². The monoisotopic (exact) mass is 242 g/mol. The van der Waals surface area contributed by atoms with Gasteiger partial charge in [0.2, 0.25) is 5.91 Å². The topological polar surface area (TPSA) is 64.4 Å². The van der Waals surface area contributed by atoms with Crippen molar-refractivity contribution < 1.29 is 9.53 Å². The van der Waals surface area contributed by atoms with Crippen molar-refractivity contribution in [1.29, 1.82) is 0 Å². The number of ether oxygens (including phenoxy) is 1. The van der Waals surface area contributed by atoms with Gasteiger partial charge < -0.3 is 15.8 Å². The summed E-state index contributed by atoms with van der Waals surface area (Å²) in [6.07, 6.45) is 0.235. The smallest absolute Gasteiger partial charge is 0.221 e. The number of nitrogens with one attached hydrogen (secondary N) is 1. The number of methoxy groups -OCH3 is 1. The highest BCUT2D eigenvalue weighted by atomic mass is 35.5. The summed E-state index contributed by atoms with van der Waals surface area (Å²) in [4.78, 5) is 11.2. The average molecular weight is 243 g/mol. The fourth-order valence-corrected chi connectivity index (χ4v) is 1.60. The molecule has 16 heavy (non-hydrogen) atoms. The van der Waals surface area contributed by atoms with Crippen LogP contribution in [-0.4, -0.2) is 20.1 Å². The predicted octanol–water partition coefficient (Wildman–Crippen LogP) is 1.48. The van der Waals surface area contributed by atoms with Gasteiger partial charge in [0.1, 0.15) is 5.75 Å². The van der Waals surface area contributed by atoms with Crippen molar-refractivity contribution in [2.45, 2.75) is 12.5 Å². The standard InChI is InChI=1S/C11H15ClN2O2/c1-14-11(15)6-9(13)7-3-4-10(16-2)8(12)5-7/h3-5,9H,6,13H2,1-2H3,(H,14,15). The van der Waals surface area contributed by atoms with Crippen molar-refractivity contribution in [1.82, 2.24) is 5.32 Å². The van der Waals surface area contributed by atoms with Crippen molar-refractivity contribution in [3.05, 3.63) is 28.8 Å². The first-order valence-corrected chi connectivity index (χ1v) is 5.26. The number of nitrogens with two attached hydrogens (primary N) is 1. The molecule has 1 atom stereocenters. The molecule has 0 aliphatic heterocycles. The fraction of sp³-hybridized carbons (Fsp3) is 0.364. The second-order valence-corrected chi connectivity index (χ2v) is 3.78. The molecule has 0 spiro atoms. The summed E-state index contributed by atoms with van der Waals surface area (Å²) in [7, 11) is 3.13. The number of carbonyl (C=O) groups is 1. The van der Waals surface area contributed by atoms with Crippen LogP contribution in [0.3, 0.4) is 0 Å². The van der Waals surface area contributed by atoms with Crippen LogP contribution in [0.15, 0.2) is 18.2 Å². The lowest BCUT2D eigenvalue weighted by Crippen LogP contribution is -2.24. The largest absolute Gasteiger partial charge is 0.495 e. The lowest BCUT2D eigenvalue weighted by atomic mass is 10.0. The van der Waals surface area contributed by atoms with Crippen LogP contribution in [-0.2, 0) is 4.79 Å². The molecule has 1 rings (SSSR count). The van der Waals surface area contributed by atoms with Crippen LogP contribution in [0, 0.1) is 0 Å². The van der Waals surface area contributed by atoms with Gasteiger partial charge in [0.25, 0.3) is 0 Å². The Hall–Kier alpha value is -1.26. The van der Waals surface area contributed by atoms with Crippen molar-refractivity contribution in [2.24, 2.45) is 5.73 Å². The van der Waals surface area contributed by atoms with Crippen LogP contribution < -0.4 is 15.8 Å². The zero-order valence-electron chi connectivity index (χ0n) is 9.29. The third-order valence-corrected chi connectivity index (χ3v) is 2.58. The number of benzene rings is 1. The Morgan fingerprint density at radius 3 is 2.81 bits per heavy atom. The molecular weight excluding hydrogens is 228 g/mol. The normalized spacial score (nSPS) is 12.0. The summed E-state index contributed by atoms with van der Waals surface area (Å²) in [6.45, 7) is 0. The van der Waals surface area contributed by atoms with Crippen molar-refractivity contribution in [3.8, 4) is 5.75 Å². The summed E-state index contributed by atoms with van der Waals surface area (Å²) in [5.41, 5.74) is 6.69. The van der Waals surface area contributed by atoms with Gasteiger partial charge in [0, 0.05) is 19.5 Å². The van der Waals surface area contributed by atoms with Crippen LogP contribution in [0.25, 0.3) is 0 Å². The Kier molecular flexibility index (Phi) is 4.58. The van der Waals surface area contributed by atoms with Crippen molar-refractivity contribution in [2.75, 3.05) is 14.2 Å². The molecule has 3 N–H and O–H groups in total. The fourth-order valence-electron chi connectivity index (χ4n) is 1.33. The van der Waals surface area contributed by atoms with E-state index in [9.17, 15) is 4.79 Å². The summed E-state index contributed by atoms with van der Waals surface area (Å²) >= 11 is 5.96. The summed E-state index contributed by atoms with van der Waals surface area (Å²) in [5.74, 6) is 0.497. The van der Waals surface area contributed by atoms with Crippen LogP contribution in [0.4, 0.5) is 0 Å². The van der Waals surface area contributed by atoms with Gasteiger partial charge in [-0.05, 0) is 17.7 Å². The van der Waals surface area contributed by atoms with Gasteiger partial charge in [0.05, 0.1) is 12.1 Å². The van der Waals surface area contributed by atoms with Crippen LogP contribution >= 0.6 is 11.6 Å². The molecule has 4 nitrogen and oxygen atoms in total. The second-order valence-electron chi connectivity index (χ2n) is 3.38. The lowest BCUT2D eigenvalue weighted by molar-refractivity contribution is -0.120. The molecule has 0 radical (unpaired) electrons. The summed E-state index contributed by atoms with van der Waals surface area (Å²) < 4.78 is 5.03. The van der Waals surface area contributed by atoms with Gasteiger partial charge in [-0.3, -0.25) is 4.79 Å². The molecule has 0 aliphatic carbocycles. The molecule has 0 saturated heterocycles. The maximum Gasteiger partial charge on any atom is 0.221 e. The summed E-state index contributed by atoms with van der Waals surface area (Å²) in [6, 6.07) is 4.90. The Labute approximate surface area is 99.7 Å². The van der Waals surface area contributed by atoms with Gasteiger partial charge >= 0.3 is 0 Å². The van der Waals surface area contributed by atoms with E-state index in [0.29, 0.717) is 10.8 Å². The summed E-state index contributed by atoms with van der Waals surface area (Å²) in [5, 5.41) is 3.02. The first kappa shape index (κ1) is 12.8. The van der Waals surface area contributed by atoms with Crippen LogP contribution in [0.5, 0.6) is 5.75 Å². The van der Waals surface area contributed by atoms with E-state index >= 15 is 0 Å². The van der Waals surface area contributed by atoms with Gasteiger partial charge in [-0.1, -0.05) is 17.7 Å². The third-order valence-electron chi connectivity index (χ3n) is 2.29. The molecule has 1 unspecified atom stereocenters. The quantitative estimate of drug-likeness (QED) is 0.841. The second kappa shape index (κ2) is 5.72. The van der Waals surface area contributed by atoms with E-state index in [4.69, 9.17) is 22.1 Å². The highest BCUT2D eigenvalue weighted by Gasteiger charge is 2.12. The van der Waals surface area contributed by atoms with E-state index in [0.717, 1.165) is 5.56 Å². The molecule has 1 aromatic carbocycles. The van der Waals surface area contributed by atoms with Crippen molar-refractivity contribution in [3.63, 3.8) is 0 Å². The maximum atomic E-state index is 11.2. The Morgan fingerprint density at radius 2 is 2.31 bits per heavy atom. The number of carbonyl (C=O) groups excluding carboxylic acids is 1. The van der Waals surface area contributed by atoms with Crippen molar-refractivity contribution >= 4 is 17.5 Å². The number of hydrogen-bond acceptors (Lipinski definition) is 3. The molecule has 0 aliphatic rings. The van der Waals surface area contributed by atoms with E-state index in [1.165, 1.54) is 0 Å². The number of halogens is 1. The number of hydrogen-bond donors (Lipinski definition) is 2. The van der Waals surface area contributed by atoms with E-state index in [2.05, 4.69) is 5.32 Å². The maximum absolute atomic E-state index is 11.2. The van der Waals surface area contributed by atoms with E-state index in [1.54, 1.807) is 32.4 Å². The Morgan fingerprint density at radius 1 is 1.62 bits per heavy atom. The Balaban J connectivity index is 2.80. The van der Waals surface area contributed by atoms with Gasteiger partial charge in [-0.25, -0.2) is 0 Å².